The van der Waals surface area contributed by atoms with E-state index in [-0.39, 0.29) is 22.0 Å². The van der Waals surface area contributed by atoms with E-state index in [1.807, 2.05) is 0 Å². The number of aliphatic carboxylic acids is 1. The van der Waals surface area contributed by atoms with Crippen LogP contribution in [0.4, 0.5) is 0 Å². The van der Waals surface area contributed by atoms with Gasteiger partial charge in [0.05, 0.1) is 28.8 Å². The summed E-state index contributed by atoms with van der Waals surface area (Å²) in [7, 11) is 0. The third-order valence-corrected chi connectivity index (χ3v) is 5.49. The first-order valence-electron chi connectivity index (χ1n) is 10.5. The molecule has 0 fully saturated rings. The fourth-order valence-corrected chi connectivity index (χ4v) is 3.73. The van der Waals surface area contributed by atoms with Gasteiger partial charge in [-0.1, -0.05) is 41.4 Å². The summed E-state index contributed by atoms with van der Waals surface area (Å²) in [6.45, 7) is 2.66. The van der Waals surface area contributed by atoms with Crippen LogP contribution in [0.2, 0.25) is 10.0 Å². The lowest BCUT2D eigenvalue weighted by Crippen LogP contribution is -2.42. The van der Waals surface area contributed by atoms with Crippen molar-refractivity contribution < 1.29 is 24.2 Å². The van der Waals surface area contributed by atoms with E-state index in [1.165, 1.54) is 12.1 Å². The Kier molecular flexibility index (Phi) is 9.21. The molecule has 0 radical (unpaired) electrons. The Balaban J connectivity index is 1.45. The molecule has 1 aliphatic heterocycles. The molecule has 0 aromatic heterocycles. The number of nitrogens with one attached hydrogen (secondary N) is 2. The molecule has 3 rings (SSSR count). The summed E-state index contributed by atoms with van der Waals surface area (Å²) in [6, 6.07) is 11.2. The van der Waals surface area contributed by atoms with Crippen LogP contribution in [0.25, 0.3) is 0 Å². The van der Waals surface area contributed by atoms with Gasteiger partial charge in [-0.05, 0) is 42.7 Å². The molecular formula is C23H25Cl2N3O5. The molecule has 0 spiro atoms. The van der Waals surface area contributed by atoms with Crippen molar-refractivity contribution in [1.82, 2.24) is 10.6 Å². The van der Waals surface area contributed by atoms with Gasteiger partial charge in [0.1, 0.15) is 18.4 Å². The molecule has 1 atom stereocenters. The predicted molar refractivity (Wildman–Crippen MR) is 126 cm³/mol. The quantitative estimate of drug-likeness (QED) is 0.413. The van der Waals surface area contributed by atoms with Gasteiger partial charge in [-0.2, -0.15) is 0 Å². The van der Waals surface area contributed by atoms with E-state index in [2.05, 4.69) is 15.6 Å². The lowest BCUT2D eigenvalue weighted by molar-refractivity contribution is -0.139. The number of unbranched alkanes of at least 4 members (excludes halogenated alkanes) is 1. The molecule has 176 valence electrons. The summed E-state index contributed by atoms with van der Waals surface area (Å²) < 4.78 is 11.0. The number of rotatable bonds is 11. The van der Waals surface area contributed by atoms with Crippen LogP contribution in [0, 0.1) is 0 Å². The van der Waals surface area contributed by atoms with Crippen molar-refractivity contribution in [1.29, 1.82) is 0 Å². The third-order valence-electron chi connectivity index (χ3n) is 4.86. The number of carboxylic acid groups (broad SMARTS) is 1. The van der Waals surface area contributed by atoms with Crippen molar-refractivity contribution in [3.8, 4) is 5.75 Å². The minimum absolute atomic E-state index is 0.0507. The number of halogens is 2. The van der Waals surface area contributed by atoms with Crippen molar-refractivity contribution in [3.63, 3.8) is 0 Å². The van der Waals surface area contributed by atoms with E-state index in [0.717, 1.165) is 24.9 Å². The Labute approximate surface area is 201 Å². The Morgan fingerprint density at radius 2 is 1.85 bits per heavy atom. The molecule has 1 amide bonds. The van der Waals surface area contributed by atoms with Crippen LogP contribution in [-0.4, -0.2) is 55.3 Å². The standard InChI is InChI=1S/C23H25Cl2N3O5/c24-17-4-3-5-18(25)20(17)21(29)28-19(22(30)31)14-15-6-8-16(9-7-15)32-12-2-1-10-26-23-27-11-13-33-23/h3-9,19H,1-2,10-14H2,(H,26,27)(H,28,29)(H,30,31)/t19-/m0/s1. The van der Waals surface area contributed by atoms with Crippen LogP contribution < -0.4 is 15.4 Å². The van der Waals surface area contributed by atoms with Crippen molar-refractivity contribution in [2.24, 2.45) is 4.99 Å². The monoisotopic (exact) mass is 493 g/mol. The van der Waals surface area contributed by atoms with Gasteiger partial charge in [0, 0.05) is 13.0 Å². The van der Waals surface area contributed by atoms with Crippen molar-refractivity contribution in [2.45, 2.75) is 25.3 Å². The highest BCUT2D eigenvalue weighted by molar-refractivity contribution is 6.39. The molecule has 1 heterocycles. The van der Waals surface area contributed by atoms with E-state index in [1.54, 1.807) is 30.3 Å². The molecule has 0 saturated carbocycles. The number of amidine groups is 1. The smallest absolute Gasteiger partial charge is 0.326 e. The molecule has 33 heavy (non-hydrogen) atoms. The van der Waals surface area contributed by atoms with Crippen molar-refractivity contribution in [2.75, 3.05) is 26.3 Å². The summed E-state index contributed by atoms with van der Waals surface area (Å²) in [5, 5.41) is 15.5. The Bertz CT molecular complexity index is 978. The van der Waals surface area contributed by atoms with Crippen LogP contribution in [0.1, 0.15) is 28.8 Å². The average Bonchev–Trinajstić information content (AvgIpc) is 3.30. The molecule has 2 aromatic rings. The van der Waals surface area contributed by atoms with Crippen LogP contribution in [0.15, 0.2) is 47.5 Å². The first-order chi connectivity index (χ1) is 15.9. The molecule has 0 bridgehead atoms. The molecule has 2 aromatic carbocycles. The predicted octanol–water partition coefficient (Wildman–Crippen LogP) is 3.55. The van der Waals surface area contributed by atoms with Crippen LogP contribution in [-0.2, 0) is 16.0 Å². The third kappa shape index (κ3) is 7.54. The highest BCUT2D eigenvalue weighted by Crippen LogP contribution is 2.24. The van der Waals surface area contributed by atoms with E-state index in [9.17, 15) is 14.7 Å². The molecule has 1 aliphatic rings. The van der Waals surface area contributed by atoms with Gasteiger partial charge in [0.2, 0.25) is 0 Å². The number of aliphatic imine (C=N–C) groups is 1. The van der Waals surface area contributed by atoms with Gasteiger partial charge in [-0.25, -0.2) is 9.79 Å². The number of hydrogen-bond donors (Lipinski definition) is 3. The van der Waals surface area contributed by atoms with Gasteiger partial charge in [-0.15, -0.1) is 0 Å². The summed E-state index contributed by atoms with van der Waals surface area (Å²) >= 11 is 12.1. The second-order valence-corrected chi connectivity index (χ2v) is 8.14. The molecule has 10 heteroatoms. The van der Waals surface area contributed by atoms with Crippen molar-refractivity contribution in [3.05, 3.63) is 63.6 Å². The molecule has 0 unspecified atom stereocenters. The topological polar surface area (TPSA) is 109 Å². The van der Waals surface area contributed by atoms with Crippen molar-refractivity contribution >= 4 is 41.1 Å². The van der Waals surface area contributed by atoms with E-state index < -0.39 is 17.9 Å². The molecule has 0 saturated heterocycles. The number of carboxylic acids is 1. The van der Waals surface area contributed by atoms with Gasteiger partial charge in [-0.3, -0.25) is 4.79 Å². The molecule has 8 nitrogen and oxygen atoms in total. The fraction of sp³-hybridized carbons (Fsp3) is 0.348. The number of nitrogens with zero attached hydrogens (tertiary/aromatic N) is 1. The van der Waals surface area contributed by atoms with Crippen LogP contribution in [0.3, 0.4) is 0 Å². The van der Waals surface area contributed by atoms with Gasteiger partial charge in [0.15, 0.2) is 0 Å². The lowest BCUT2D eigenvalue weighted by atomic mass is 10.1. The molecular weight excluding hydrogens is 469 g/mol. The Morgan fingerprint density at radius 1 is 1.12 bits per heavy atom. The number of carbonyl (C=O) groups excluding carboxylic acids is 1. The average molecular weight is 494 g/mol. The zero-order chi connectivity index (χ0) is 23.6. The van der Waals surface area contributed by atoms with E-state index in [4.69, 9.17) is 32.7 Å². The highest BCUT2D eigenvalue weighted by atomic mass is 35.5. The molecule has 3 N–H and O–H groups in total. The fourth-order valence-electron chi connectivity index (χ4n) is 3.16. The number of ether oxygens (including phenoxy) is 2. The largest absolute Gasteiger partial charge is 0.494 e. The summed E-state index contributed by atoms with van der Waals surface area (Å²) in [6.07, 6.45) is 1.87. The Hall–Kier alpha value is -2.97. The van der Waals surface area contributed by atoms with E-state index >= 15 is 0 Å². The minimum Gasteiger partial charge on any atom is -0.494 e. The SMILES string of the molecule is O=C(N[C@@H](Cc1ccc(OCCCCNC2=NCCO2)cc1)C(=O)O)c1c(Cl)cccc1Cl. The highest BCUT2D eigenvalue weighted by Gasteiger charge is 2.23. The summed E-state index contributed by atoms with van der Waals surface area (Å²) in [5.74, 6) is -1.11. The zero-order valence-corrected chi connectivity index (χ0v) is 19.4. The normalized spacial score (nSPS) is 13.6. The van der Waals surface area contributed by atoms with Gasteiger partial charge in [0.25, 0.3) is 11.9 Å². The first kappa shape index (κ1) is 24.7. The minimum atomic E-state index is -1.16. The zero-order valence-electron chi connectivity index (χ0n) is 17.9. The van der Waals surface area contributed by atoms with Crippen LogP contribution >= 0.6 is 23.2 Å². The maximum Gasteiger partial charge on any atom is 0.326 e. The number of hydrogen-bond acceptors (Lipinski definition) is 6. The van der Waals surface area contributed by atoms with E-state index in [0.29, 0.717) is 31.5 Å². The molecule has 0 aliphatic carbocycles. The summed E-state index contributed by atoms with van der Waals surface area (Å²) in [4.78, 5) is 28.4. The number of carbonyl (C=O) groups is 2. The van der Waals surface area contributed by atoms with Crippen LogP contribution in [0.5, 0.6) is 5.75 Å². The number of benzene rings is 2. The first-order valence-corrected chi connectivity index (χ1v) is 11.3. The second-order valence-electron chi connectivity index (χ2n) is 7.33. The number of amides is 1. The maximum absolute atomic E-state index is 12.5. The summed E-state index contributed by atoms with van der Waals surface area (Å²) in [5.41, 5.74) is 0.789. The second kappa shape index (κ2) is 12.3. The maximum atomic E-state index is 12.5. The van der Waals surface area contributed by atoms with Gasteiger partial charge < -0.3 is 25.2 Å². The Morgan fingerprint density at radius 3 is 2.48 bits per heavy atom. The van der Waals surface area contributed by atoms with Gasteiger partial charge >= 0.3 is 5.97 Å². The lowest BCUT2D eigenvalue weighted by Gasteiger charge is -2.16.